The number of hydrogen-bond acceptors (Lipinski definition) is 6. The summed E-state index contributed by atoms with van der Waals surface area (Å²) in [6, 6.07) is 8.74. The van der Waals surface area contributed by atoms with Gasteiger partial charge in [-0.3, -0.25) is 9.59 Å². The maximum atomic E-state index is 14.5. The van der Waals surface area contributed by atoms with Crippen molar-refractivity contribution >= 4 is 27.9 Å². The normalized spacial score (nSPS) is 12.1. The Kier molecular flexibility index (Phi) is 9.18. The van der Waals surface area contributed by atoms with E-state index in [1.807, 2.05) is 0 Å². The fraction of sp³-hybridized carbons (Fsp3) is 0.185. The molecule has 2 aromatic carbocycles. The molecule has 0 saturated carbocycles. The molecule has 16 heteroatoms. The Morgan fingerprint density at radius 1 is 1.12 bits per heavy atom. The zero-order valence-corrected chi connectivity index (χ0v) is 23.2. The third-order valence-corrected chi connectivity index (χ3v) is 6.68. The van der Waals surface area contributed by atoms with E-state index in [-0.39, 0.29) is 21.8 Å². The Morgan fingerprint density at radius 3 is 2.42 bits per heavy atom. The fourth-order valence-corrected chi connectivity index (χ4v) is 4.53. The highest BCUT2D eigenvalue weighted by molar-refractivity contribution is 9.10. The van der Waals surface area contributed by atoms with Crippen molar-refractivity contribution in [2.45, 2.75) is 12.2 Å². The van der Waals surface area contributed by atoms with Crippen molar-refractivity contribution in [1.82, 2.24) is 14.5 Å². The Bertz CT molecular complexity index is 1710. The van der Waals surface area contributed by atoms with Gasteiger partial charge in [0, 0.05) is 17.8 Å². The molecule has 4 rings (SSSR count). The molecule has 0 spiro atoms. The second-order valence-corrected chi connectivity index (χ2v) is 9.61. The number of nitrogens with zero attached hydrogens (tertiary/aromatic N) is 3. The van der Waals surface area contributed by atoms with Crippen LogP contribution in [0.2, 0.25) is 0 Å². The monoisotopic (exact) mass is 670 g/mol. The van der Waals surface area contributed by atoms with E-state index >= 15 is 0 Å². The van der Waals surface area contributed by atoms with Crippen LogP contribution in [-0.2, 0) is 6.18 Å². The number of hydrogen-bond donors (Lipinski definition) is 2. The number of oxazole rings is 1. The van der Waals surface area contributed by atoms with Crippen LogP contribution in [0.4, 0.5) is 26.7 Å². The third kappa shape index (κ3) is 7.02. The van der Waals surface area contributed by atoms with Crippen LogP contribution in [0.25, 0.3) is 11.3 Å². The van der Waals surface area contributed by atoms with Gasteiger partial charge in [0.25, 0.3) is 11.5 Å². The maximum Gasteiger partial charge on any atom is 0.416 e. The number of carbonyl (C=O) groups is 2. The van der Waals surface area contributed by atoms with Crippen LogP contribution in [0.3, 0.4) is 0 Å². The zero-order valence-electron chi connectivity index (χ0n) is 21.6. The summed E-state index contributed by atoms with van der Waals surface area (Å²) in [6.07, 6.45) is -4.66. The molecule has 0 bridgehead atoms. The third-order valence-electron chi connectivity index (χ3n) is 6.14. The molecule has 0 aliphatic rings. The van der Waals surface area contributed by atoms with E-state index in [2.05, 4.69) is 20.9 Å². The van der Waals surface area contributed by atoms with Crippen LogP contribution in [0.15, 0.2) is 74.7 Å². The van der Waals surface area contributed by atoms with Gasteiger partial charge < -0.3 is 29.5 Å². The van der Waals surface area contributed by atoms with E-state index in [0.717, 1.165) is 33.7 Å². The molecular weight excluding hydrogens is 651 g/mol. The second-order valence-electron chi connectivity index (χ2n) is 8.89. The molecule has 0 radical (unpaired) electrons. The molecule has 0 fully saturated rings. The standard InChI is InChI=1S/C27H20BrF5N4O6/c28-23-22(14-4-6-15(7-5-14)27(31,32)33)35-25(43-23)17(37-10-2-1-3-19(37)38)13-36(26(40)41)11-12-42-18-9-8-16(29)20(21(18)30)24(34)39/h1-10,17H,11-13H2,(H2,34,39)(H,40,41). The summed E-state index contributed by atoms with van der Waals surface area (Å²) in [4.78, 5) is 41.4. The van der Waals surface area contributed by atoms with E-state index in [4.69, 9.17) is 14.9 Å². The molecular formula is C27H20BrF5N4O6. The number of primary amides is 1. The van der Waals surface area contributed by atoms with E-state index < -0.39 is 78.0 Å². The van der Waals surface area contributed by atoms with Gasteiger partial charge in [-0.1, -0.05) is 18.2 Å². The summed E-state index contributed by atoms with van der Waals surface area (Å²) in [7, 11) is 0. The van der Waals surface area contributed by atoms with E-state index in [1.165, 1.54) is 36.5 Å². The lowest BCUT2D eigenvalue weighted by Crippen LogP contribution is -2.40. The molecule has 226 valence electrons. The van der Waals surface area contributed by atoms with Crippen molar-refractivity contribution in [3.63, 3.8) is 0 Å². The van der Waals surface area contributed by atoms with Crippen molar-refractivity contribution < 1.29 is 45.8 Å². The van der Waals surface area contributed by atoms with Gasteiger partial charge in [0.15, 0.2) is 16.2 Å². The Morgan fingerprint density at radius 2 is 1.81 bits per heavy atom. The SMILES string of the molecule is NC(=O)c1c(F)ccc(OCCN(CC(c2nc(-c3ccc(C(F)(F)F)cc3)c(Br)o2)n2ccccc2=O)C(=O)O)c1F. The first-order valence-corrected chi connectivity index (χ1v) is 13.0. The Labute approximate surface area is 247 Å². The number of ether oxygens (including phenoxy) is 1. The van der Waals surface area contributed by atoms with Crippen LogP contribution >= 0.6 is 15.9 Å². The predicted octanol–water partition coefficient (Wildman–Crippen LogP) is 5.31. The van der Waals surface area contributed by atoms with E-state index in [1.54, 1.807) is 0 Å². The summed E-state index contributed by atoms with van der Waals surface area (Å²) in [6.45, 7) is -1.31. The number of nitrogens with two attached hydrogens (primary N) is 1. The Hall–Kier alpha value is -4.73. The lowest BCUT2D eigenvalue weighted by atomic mass is 10.1. The quantitative estimate of drug-likeness (QED) is 0.218. The lowest BCUT2D eigenvalue weighted by molar-refractivity contribution is -0.137. The highest BCUT2D eigenvalue weighted by Crippen LogP contribution is 2.35. The molecule has 0 aliphatic carbocycles. The van der Waals surface area contributed by atoms with Gasteiger partial charge in [-0.25, -0.2) is 18.6 Å². The minimum atomic E-state index is -4.55. The smallest absolute Gasteiger partial charge is 0.416 e. The molecule has 1 atom stereocenters. The maximum absolute atomic E-state index is 14.5. The molecule has 43 heavy (non-hydrogen) atoms. The lowest BCUT2D eigenvalue weighted by Gasteiger charge is -2.25. The molecule has 1 unspecified atom stereocenters. The molecule has 2 heterocycles. The van der Waals surface area contributed by atoms with Crippen LogP contribution < -0.4 is 16.0 Å². The highest BCUT2D eigenvalue weighted by Gasteiger charge is 2.31. The van der Waals surface area contributed by atoms with Crippen LogP contribution in [0, 0.1) is 11.6 Å². The molecule has 4 aromatic rings. The average molecular weight is 671 g/mol. The van der Waals surface area contributed by atoms with Crippen LogP contribution in [0.5, 0.6) is 5.75 Å². The topological polar surface area (TPSA) is 141 Å². The van der Waals surface area contributed by atoms with Gasteiger partial charge in [0.05, 0.1) is 18.7 Å². The number of carbonyl (C=O) groups excluding carboxylic acids is 1. The van der Waals surface area contributed by atoms with E-state index in [9.17, 15) is 41.4 Å². The molecule has 3 N–H and O–H groups in total. The fourth-order valence-electron chi connectivity index (χ4n) is 4.05. The number of rotatable bonds is 10. The van der Waals surface area contributed by atoms with E-state index in [0.29, 0.717) is 0 Å². The molecule has 10 nitrogen and oxygen atoms in total. The average Bonchev–Trinajstić information content (AvgIpc) is 3.32. The highest BCUT2D eigenvalue weighted by atomic mass is 79.9. The summed E-state index contributed by atoms with van der Waals surface area (Å²) < 4.78 is 79.4. The number of halogens is 6. The first-order valence-electron chi connectivity index (χ1n) is 12.2. The molecule has 2 aromatic heterocycles. The summed E-state index contributed by atoms with van der Waals surface area (Å²) >= 11 is 3.18. The number of alkyl halides is 3. The number of pyridine rings is 1. The first kappa shape index (κ1) is 31.2. The first-order chi connectivity index (χ1) is 20.3. The van der Waals surface area contributed by atoms with Crippen LogP contribution in [-0.4, -0.2) is 51.3 Å². The molecule has 0 aliphatic heterocycles. The second kappa shape index (κ2) is 12.6. The number of carboxylic acid groups (broad SMARTS) is 1. The predicted molar refractivity (Wildman–Crippen MR) is 143 cm³/mol. The van der Waals surface area contributed by atoms with Gasteiger partial charge in [0.1, 0.15) is 29.7 Å². The Balaban J connectivity index is 1.61. The minimum absolute atomic E-state index is 0.0125. The summed E-state index contributed by atoms with van der Waals surface area (Å²) in [5.41, 5.74) is 2.89. The van der Waals surface area contributed by atoms with Crippen LogP contribution in [0.1, 0.15) is 27.9 Å². The number of benzene rings is 2. The van der Waals surface area contributed by atoms with Gasteiger partial charge in [-0.15, -0.1) is 0 Å². The molecule has 2 amide bonds. The van der Waals surface area contributed by atoms with Gasteiger partial charge in [-0.05, 0) is 46.3 Å². The zero-order chi connectivity index (χ0) is 31.5. The number of amides is 2. The van der Waals surface area contributed by atoms with Gasteiger partial charge >= 0.3 is 12.3 Å². The van der Waals surface area contributed by atoms with Crippen molar-refractivity contribution in [2.75, 3.05) is 19.7 Å². The molecule has 0 saturated heterocycles. The van der Waals surface area contributed by atoms with Crippen molar-refractivity contribution in [2.24, 2.45) is 5.73 Å². The van der Waals surface area contributed by atoms with Gasteiger partial charge in [0.2, 0.25) is 5.89 Å². The summed E-state index contributed by atoms with van der Waals surface area (Å²) in [5, 5.41) is 9.87. The summed E-state index contributed by atoms with van der Waals surface area (Å²) in [5.74, 6) is -4.62. The largest absolute Gasteiger partial charge is 0.489 e. The number of aromatic nitrogens is 2. The van der Waals surface area contributed by atoms with Crippen molar-refractivity contribution in [3.05, 3.63) is 104 Å². The van der Waals surface area contributed by atoms with Crippen molar-refractivity contribution in [3.8, 4) is 17.0 Å². The minimum Gasteiger partial charge on any atom is -0.489 e. The van der Waals surface area contributed by atoms with Gasteiger partial charge in [-0.2, -0.15) is 13.2 Å². The van der Waals surface area contributed by atoms with Crippen molar-refractivity contribution in [1.29, 1.82) is 0 Å².